The zero-order valence-electron chi connectivity index (χ0n) is 18.7. The predicted molar refractivity (Wildman–Crippen MR) is 126 cm³/mol. The molecule has 1 aliphatic heterocycles. The second-order valence-electron chi connectivity index (χ2n) is 7.91. The molecule has 0 aliphatic carbocycles. The molecule has 2 heterocycles. The van der Waals surface area contributed by atoms with E-state index in [1.54, 1.807) is 17.9 Å². The molecule has 7 nitrogen and oxygen atoms in total. The number of para-hydroxylation sites is 1. The molecular weight excluding hydrogens is 416 g/mol. The van der Waals surface area contributed by atoms with E-state index in [4.69, 9.17) is 14.6 Å². The Morgan fingerprint density at radius 2 is 2.15 bits per heavy atom. The summed E-state index contributed by atoms with van der Waals surface area (Å²) in [6.45, 7) is 3.07. The minimum absolute atomic E-state index is 0.00700. The van der Waals surface area contributed by atoms with Crippen molar-refractivity contribution in [2.75, 3.05) is 20.3 Å². The highest BCUT2D eigenvalue weighted by Crippen LogP contribution is 2.29. The first-order valence-electron chi connectivity index (χ1n) is 10.9. The lowest BCUT2D eigenvalue weighted by atomic mass is 10.0. The first kappa shape index (κ1) is 22.3. The standard InChI is InChI=1S/C26H26N4O3/c1-18-13-19(10-11-24(18)32-2)25-21(17-30(29-25)22-7-4-3-5-8-22)14-20(15-27)26(31)28-16-23-9-6-12-33-23/h3-5,7-8,10-11,13-14,17,23H,6,9,12,16H2,1-2H3,(H,28,31). The molecule has 1 unspecified atom stereocenters. The lowest BCUT2D eigenvalue weighted by Gasteiger charge is -2.10. The van der Waals surface area contributed by atoms with Gasteiger partial charge in [0.15, 0.2) is 0 Å². The van der Waals surface area contributed by atoms with Gasteiger partial charge in [0, 0.05) is 30.5 Å². The van der Waals surface area contributed by atoms with Crippen molar-refractivity contribution in [3.8, 4) is 28.8 Å². The lowest BCUT2D eigenvalue weighted by Crippen LogP contribution is -2.32. The average molecular weight is 443 g/mol. The molecule has 1 fully saturated rings. The molecule has 0 bridgehead atoms. The van der Waals surface area contributed by atoms with Crippen LogP contribution in [0.2, 0.25) is 0 Å². The summed E-state index contributed by atoms with van der Waals surface area (Å²) in [6, 6.07) is 17.5. The summed E-state index contributed by atoms with van der Waals surface area (Å²) in [6.07, 6.45) is 5.33. The third kappa shape index (κ3) is 5.13. The molecule has 1 N–H and O–H groups in total. The van der Waals surface area contributed by atoms with Crippen molar-refractivity contribution in [3.63, 3.8) is 0 Å². The molecule has 4 rings (SSSR count). The fraction of sp³-hybridized carbons (Fsp3) is 0.269. The van der Waals surface area contributed by atoms with Crippen molar-refractivity contribution in [1.82, 2.24) is 15.1 Å². The van der Waals surface area contributed by atoms with Gasteiger partial charge in [-0.25, -0.2) is 4.68 Å². The first-order chi connectivity index (χ1) is 16.1. The monoisotopic (exact) mass is 442 g/mol. The van der Waals surface area contributed by atoms with E-state index in [1.165, 1.54) is 0 Å². The third-order valence-corrected chi connectivity index (χ3v) is 5.61. The van der Waals surface area contributed by atoms with Crippen LogP contribution < -0.4 is 10.1 Å². The van der Waals surface area contributed by atoms with E-state index in [1.807, 2.05) is 67.7 Å². The van der Waals surface area contributed by atoms with Gasteiger partial charge in [0.1, 0.15) is 23.1 Å². The Kier molecular flexibility index (Phi) is 6.86. The van der Waals surface area contributed by atoms with E-state index in [2.05, 4.69) is 5.32 Å². The number of carbonyl (C=O) groups excluding carboxylic acids is 1. The summed E-state index contributed by atoms with van der Waals surface area (Å²) < 4.78 is 12.7. The van der Waals surface area contributed by atoms with E-state index in [0.717, 1.165) is 35.4 Å². The number of methoxy groups -OCH3 is 1. The van der Waals surface area contributed by atoms with E-state index in [-0.39, 0.29) is 11.7 Å². The van der Waals surface area contributed by atoms with E-state index < -0.39 is 5.91 Å². The zero-order chi connectivity index (χ0) is 23.2. The fourth-order valence-corrected chi connectivity index (χ4v) is 3.87. The number of aryl methyl sites for hydroxylation is 1. The van der Waals surface area contributed by atoms with Gasteiger partial charge in [-0.2, -0.15) is 10.4 Å². The fourth-order valence-electron chi connectivity index (χ4n) is 3.87. The van der Waals surface area contributed by atoms with Crippen LogP contribution in [-0.2, 0) is 9.53 Å². The number of nitriles is 1. The molecule has 0 radical (unpaired) electrons. The second-order valence-corrected chi connectivity index (χ2v) is 7.91. The van der Waals surface area contributed by atoms with Crippen LogP contribution in [-0.4, -0.2) is 42.1 Å². The zero-order valence-corrected chi connectivity index (χ0v) is 18.7. The number of aromatic nitrogens is 2. The van der Waals surface area contributed by atoms with E-state index >= 15 is 0 Å². The summed E-state index contributed by atoms with van der Waals surface area (Å²) in [5, 5.41) is 17.3. The number of hydrogen-bond acceptors (Lipinski definition) is 5. The molecular formula is C26H26N4O3. The van der Waals surface area contributed by atoms with Crippen LogP contribution in [0.4, 0.5) is 0 Å². The molecule has 3 aromatic rings. The first-order valence-corrected chi connectivity index (χ1v) is 10.9. The molecule has 1 amide bonds. The van der Waals surface area contributed by atoms with Crippen molar-refractivity contribution < 1.29 is 14.3 Å². The lowest BCUT2D eigenvalue weighted by molar-refractivity contribution is -0.117. The Bertz CT molecular complexity index is 1200. The molecule has 0 saturated carbocycles. The Hall–Kier alpha value is -3.89. The normalized spacial score (nSPS) is 15.8. The van der Waals surface area contributed by atoms with Crippen LogP contribution in [0.1, 0.15) is 24.0 Å². The Morgan fingerprint density at radius 1 is 1.33 bits per heavy atom. The minimum Gasteiger partial charge on any atom is -0.496 e. The molecule has 1 aromatic heterocycles. The summed E-state index contributed by atoms with van der Waals surface area (Å²) >= 11 is 0. The van der Waals surface area contributed by atoms with Gasteiger partial charge in [-0.3, -0.25) is 4.79 Å². The van der Waals surface area contributed by atoms with Crippen LogP contribution in [0.5, 0.6) is 5.75 Å². The van der Waals surface area contributed by atoms with Crippen LogP contribution in [0.3, 0.4) is 0 Å². The molecule has 1 atom stereocenters. The maximum atomic E-state index is 12.7. The molecule has 33 heavy (non-hydrogen) atoms. The summed E-state index contributed by atoms with van der Waals surface area (Å²) in [7, 11) is 1.63. The van der Waals surface area contributed by atoms with Crippen molar-refractivity contribution in [3.05, 3.63) is 71.4 Å². The van der Waals surface area contributed by atoms with Gasteiger partial charge in [-0.1, -0.05) is 18.2 Å². The molecule has 168 valence electrons. The number of benzene rings is 2. The second kappa shape index (κ2) is 10.2. The number of nitrogens with zero attached hydrogens (tertiary/aromatic N) is 3. The van der Waals surface area contributed by atoms with Gasteiger partial charge >= 0.3 is 0 Å². The van der Waals surface area contributed by atoms with Crippen molar-refractivity contribution in [1.29, 1.82) is 5.26 Å². The predicted octanol–water partition coefficient (Wildman–Crippen LogP) is 4.06. The van der Waals surface area contributed by atoms with Gasteiger partial charge in [0.25, 0.3) is 5.91 Å². The SMILES string of the molecule is COc1ccc(-c2nn(-c3ccccc3)cc2C=C(C#N)C(=O)NCC2CCCO2)cc1C. The Morgan fingerprint density at radius 3 is 2.82 bits per heavy atom. The molecule has 0 spiro atoms. The quantitative estimate of drug-likeness (QED) is 0.440. The molecule has 2 aromatic carbocycles. The van der Waals surface area contributed by atoms with Crippen LogP contribution in [0.25, 0.3) is 23.0 Å². The summed E-state index contributed by atoms with van der Waals surface area (Å²) in [5.74, 6) is 0.363. The molecule has 1 aliphatic rings. The van der Waals surface area contributed by atoms with Crippen LogP contribution in [0.15, 0.2) is 60.3 Å². The highest BCUT2D eigenvalue weighted by molar-refractivity contribution is 6.02. The highest BCUT2D eigenvalue weighted by Gasteiger charge is 2.19. The maximum Gasteiger partial charge on any atom is 0.262 e. The number of hydrogen-bond donors (Lipinski definition) is 1. The van der Waals surface area contributed by atoms with Crippen LogP contribution in [0, 0.1) is 18.3 Å². The minimum atomic E-state index is -0.419. The number of rotatable bonds is 7. The van der Waals surface area contributed by atoms with E-state index in [0.29, 0.717) is 24.4 Å². The number of carbonyl (C=O) groups is 1. The smallest absolute Gasteiger partial charge is 0.262 e. The Labute approximate surface area is 193 Å². The summed E-state index contributed by atoms with van der Waals surface area (Å²) in [4.78, 5) is 12.7. The number of nitrogens with one attached hydrogen (secondary N) is 1. The van der Waals surface area contributed by atoms with Crippen LogP contribution >= 0.6 is 0 Å². The number of amides is 1. The van der Waals surface area contributed by atoms with E-state index in [9.17, 15) is 10.1 Å². The largest absolute Gasteiger partial charge is 0.496 e. The summed E-state index contributed by atoms with van der Waals surface area (Å²) in [5.41, 5.74) is 4.08. The van der Waals surface area contributed by atoms with Gasteiger partial charge in [-0.05, 0) is 61.7 Å². The average Bonchev–Trinajstić information content (AvgIpc) is 3.51. The molecule has 1 saturated heterocycles. The van der Waals surface area contributed by atoms with Gasteiger partial charge in [0.05, 0.1) is 18.9 Å². The number of ether oxygens (including phenoxy) is 2. The Balaban J connectivity index is 1.70. The third-order valence-electron chi connectivity index (χ3n) is 5.61. The van der Waals surface area contributed by atoms with Crippen molar-refractivity contribution in [2.24, 2.45) is 0 Å². The maximum absolute atomic E-state index is 12.7. The van der Waals surface area contributed by atoms with Gasteiger partial charge in [0.2, 0.25) is 0 Å². The topological polar surface area (TPSA) is 89.2 Å². The van der Waals surface area contributed by atoms with Gasteiger partial charge < -0.3 is 14.8 Å². The molecule has 7 heteroatoms. The van der Waals surface area contributed by atoms with Gasteiger partial charge in [-0.15, -0.1) is 0 Å². The van der Waals surface area contributed by atoms with Crippen molar-refractivity contribution >= 4 is 12.0 Å². The highest BCUT2D eigenvalue weighted by atomic mass is 16.5. The van der Waals surface area contributed by atoms with Crippen molar-refractivity contribution in [2.45, 2.75) is 25.9 Å².